The number of carbonyl (C=O) groups is 2. The molecule has 1 N–H and O–H groups in total. The molecule has 0 bridgehead atoms. The molecular weight excluding hydrogens is 516 g/mol. The number of methoxy groups -OCH3 is 6. The van der Waals surface area contributed by atoms with Crippen LogP contribution in [0.2, 0.25) is 0 Å². The number of hydrogen-bond donors (Lipinski definition) is 1. The summed E-state index contributed by atoms with van der Waals surface area (Å²) in [6.45, 7) is 0. The summed E-state index contributed by atoms with van der Waals surface area (Å²) in [5, 5.41) is 3.00. The summed E-state index contributed by atoms with van der Waals surface area (Å²) in [5.74, 6) is 1.92. The van der Waals surface area contributed by atoms with Crippen molar-refractivity contribution in [1.82, 2.24) is 0 Å². The lowest BCUT2D eigenvalue weighted by Crippen LogP contribution is -2.47. The second-order valence-electron chi connectivity index (χ2n) is 9.07. The topological polar surface area (TPSA) is 105 Å². The van der Waals surface area contributed by atoms with Crippen molar-refractivity contribution in [3.63, 3.8) is 0 Å². The predicted molar refractivity (Wildman–Crippen MR) is 150 cm³/mol. The quantitative estimate of drug-likeness (QED) is 0.382. The number of amides is 2. The molecule has 0 unspecified atom stereocenters. The number of carbonyl (C=O) groups excluding carboxylic acids is 2. The van der Waals surface area contributed by atoms with Crippen LogP contribution in [0.5, 0.6) is 34.5 Å². The summed E-state index contributed by atoms with van der Waals surface area (Å²) < 4.78 is 32.7. The Kier molecular flexibility index (Phi) is 8.88. The number of hydrogen-bond acceptors (Lipinski definition) is 8. The Balaban J connectivity index is 1.81. The first-order valence-corrected chi connectivity index (χ1v) is 12.7. The van der Waals surface area contributed by atoms with Crippen molar-refractivity contribution in [1.29, 1.82) is 0 Å². The smallest absolute Gasteiger partial charge is 0.230 e. The lowest BCUT2D eigenvalue weighted by molar-refractivity contribution is -0.125. The summed E-state index contributed by atoms with van der Waals surface area (Å²) in [6, 6.07) is 15.3. The molecule has 10 nitrogen and oxygen atoms in total. The summed E-state index contributed by atoms with van der Waals surface area (Å²) in [7, 11) is 9.20. The average molecular weight is 551 g/mol. The Morgan fingerprint density at radius 3 is 1.90 bits per heavy atom. The van der Waals surface area contributed by atoms with Crippen LogP contribution in [0.3, 0.4) is 0 Å². The third-order valence-electron chi connectivity index (χ3n) is 6.99. The van der Waals surface area contributed by atoms with Gasteiger partial charge in [-0.1, -0.05) is 12.1 Å². The Bertz CT molecular complexity index is 1330. The fraction of sp³-hybridized carbons (Fsp3) is 0.333. The average Bonchev–Trinajstić information content (AvgIpc) is 3.00. The highest BCUT2D eigenvalue weighted by molar-refractivity contribution is 6.01. The molecule has 1 aliphatic heterocycles. The zero-order valence-electron chi connectivity index (χ0n) is 23.5. The van der Waals surface area contributed by atoms with Gasteiger partial charge in [-0.05, 0) is 36.2 Å². The molecule has 10 heteroatoms. The zero-order valence-corrected chi connectivity index (χ0v) is 23.5. The first kappa shape index (κ1) is 28.4. The molecule has 2 atom stereocenters. The van der Waals surface area contributed by atoms with Crippen molar-refractivity contribution in [2.24, 2.45) is 5.92 Å². The van der Waals surface area contributed by atoms with Crippen LogP contribution in [0.15, 0.2) is 54.6 Å². The van der Waals surface area contributed by atoms with Crippen LogP contribution in [-0.4, -0.2) is 54.5 Å². The molecule has 3 aromatic carbocycles. The predicted octanol–water partition coefficient (Wildman–Crippen LogP) is 4.86. The van der Waals surface area contributed by atoms with Crippen molar-refractivity contribution in [2.45, 2.75) is 18.9 Å². The van der Waals surface area contributed by atoms with E-state index in [1.54, 1.807) is 49.5 Å². The van der Waals surface area contributed by atoms with Gasteiger partial charge in [0.25, 0.3) is 0 Å². The van der Waals surface area contributed by atoms with Gasteiger partial charge < -0.3 is 38.6 Å². The Morgan fingerprint density at radius 1 is 0.750 bits per heavy atom. The maximum atomic E-state index is 13.9. The van der Waals surface area contributed by atoms with Crippen LogP contribution in [0.1, 0.15) is 24.4 Å². The fourth-order valence-corrected chi connectivity index (χ4v) is 4.99. The van der Waals surface area contributed by atoms with Gasteiger partial charge in [0.15, 0.2) is 11.5 Å². The van der Waals surface area contributed by atoms with E-state index in [0.717, 1.165) is 5.56 Å². The maximum absolute atomic E-state index is 13.9. The molecule has 4 rings (SSSR count). The highest BCUT2D eigenvalue weighted by atomic mass is 16.5. The van der Waals surface area contributed by atoms with E-state index < -0.39 is 12.0 Å². The van der Waals surface area contributed by atoms with Gasteiger partial charge in [-0.2, -0.15) is 0 Å². The number of nitrogens with one attached hydrogen (secondary N) is 1. The van der Waals surface area contributed by atoms with E-state index in [9.17, 15) is 9.59 Å². The van der Waals surface area contributed by atoms with E-state index in [4.69, 9.17) is 28.4 Å². The van der Waals surface area contributed by atoms with E-state index in [2.05, 4.69) is 5.32 Å². The molecular formula is C30H34N2O8. The van der Waals surface area contributed by atoms with Crippen molar-refractivity contribution >= 4 is 23.2 Å². The third-order valence-corrected chi connectivity index (χ3v) is 6.99. The zero-order chi connectivity index (χ0) is 28.8. The highest BCUT2D eigenvalue weighted by Gasteiger charge is 2.42. The molecule has 40 heavy (non-hydrogen) atoms. The molecule has 1 heterocycles. The molecule has 1 fully saturated rings. The SMILES string of the molecule is COc1ccc([C@H]2[C@@H](C(=O)Nc3ccc(OC)cc3OC)CCC(=O)N2c2cc(OC)c(OC)c(OC)c2)cc1. The first-order valence-electron chi connectivity index (χ1n) is 12.7. The van der Waals surface area contributed by atoms with Crippen molar-refractivity contribution in [2.75, 3.05) is 52.9 Å². The molecule has 1 saturated heterocycles. The number of nitrogens with zero attached hydrogens (tertiary/aromatic N) is 1. The van der Waals surface area contributed by atoms with Gasteiger partial charge in [0.2, 0.25) is 17.6 Å². The van der Waals surface area contributed by atoms with Crippen molar-refractivity contribution in [3.8, 4) is 34.5 Å². The molecule has 0 saturated carbocycles. The Hall–Kier alpha value is -4.60. The molecule has 0 aliphatic carbocycles. The number of anilines is 2. The van der Waals surface area contributed by atoms with Crippen molar-refractivity contribution < 1.29 is 38.0 Å². The van der Waals surface area contributed by atoms with Gasteiger partial charge in [-0.15, -0.1) is 0 Å². The van der Waals surface area contributed by atoms with E-state index in [1.165, 1.54) is 28.4 Å². The summed E-state index contributed by atoms with van der Waals surface area (Å²) in [6.07, 6.45) is 0.516. The maximum Gasteiger partial charge on any atom is 0.230 e. The van der Waals surface area contributed by atoms with Gasteiger partial charge in [0.05, 0.1) is 66.0 Å². The number of ether oxygens (including phenoxy) is 6. The summed E-state index contributed by atoms with van der Waals surface area (Å²) >= 11 is 0. The van der Waals surface area contributed by atoms with Gasteiger partial charge >= 0.3 is 0 Å². The van der Waals surface area contributed by atoms with Crippen LogP contribution in [0, 0.1) is 5.92 Å². The van der Waals surface area contributed by atoms with Crippen molar-refractivity contribution in [3.05, 3.63) is 60.2 Å². The van der Waals surface area contributed by atoms with Crippen LogP contribution >= 0.6 is 0 Å². The second kappa shape index (κ2) is 12.5. The summed E-state index contributed by atoms with van der Waals surface area (Å²) in [5.41, 5.74) is 1.78. The molecule has 1 aliphatic rings. The van der Waals surface area contributed by atoms with Crippen LogP contribution in [-0.2, 0) is 9.59 Å². The molecule has 0 aromatic heterocycles. The van der Waals surface area contributed by atoms with Gasteiger partial charge in [-0.25, -0.2) is 0 Å². The van der Waals surface area contributed by atoms with Gasteiger partial charge in [0, 0.05) is 24.6 Å². The standard InChI is InChI=1S/C30H34N2O8/c1-35-20-9-7-18(8-10-20)28-22(30(34)31-23-13-11-21(36-2)17-24(23)37-3)12-14-27(33)32(28)19-15-25(38-4)29(40-6)26(16-19)39-5/h7-11,13,15-17,22,28H,12,14H2,1-6H3,(H,31,34)/t22-,28-/m0/s1. The molecule has 0 radical (unpaired) electrons. The minimum atomic E-state index is -0.640. The highest BCUT2D eigenvalue weighted by Crippen LogP contribution is 2.46. The van der Waals surface area contributed by atoms with E-state index in [1.807, 2.05) is 24.3 Å². The van der Waals surface area contributed by atoms with E-state index in [-0.39, 0.29) is 18.2 Å². The monoisotopic (exact) mass is 550 g/mol. The molecule has 3 aromatic rings. The normalized spacial score (nSPS) is 16.6. The second-order valence-corrected chi connectivity index (χ2v) is 9.07. The van der Waals surface area contributed by atoms with Crippen LogP contribution in [0.4, 0.5) is 11.4 Å². The number of piperidine rings is 1. The fourth-order valence-electron chi connectivity index (χ4n) is 4.99. The lowest BCUT2D eigenvalue weighted by Gasteiger charge is -2.41. The number of rotatable bonds is 10. The molecule has 212 valence electrons. The summed E-state index contributed by atoms with van der Waals surface area (Å²) in [4.78, 5) is 29.1. The lowest BCUT2D eigenvalue weighted by atomic mass is 9.83. The Morgan fingerprint density at radius 2 is 1.35 bits per heavy atom. The molecule has 0 spiro atoms. The van der Waals surface area contributed by atoms with E-state index >= 15 is 0 Å². The van der Waals surface area contributed by atoms with Gasteiger partial charge in [0.1, 0.15) is 17.2 Å². The first-order chi connectivity index (χ1) is 19.4. The van der Waals surface area contributed by atoms with Crippen LogP contribution < -0.4 is 38.6 Å². The third kappa shape index (κ3) is 5.56. The molecule has 2 amide bonds. The van der Waals surface area contributed by atoms with Crippen LogP contribution in [0.25, 0.3) is 0 Å². The van der Waals surface area contributed by atoms with E-state index in [0.29, 0.717) is 52.3 Å². The Labute approximate surface area is 233 Å². The largest absolute Gasteiger partial charge is 0.497 e. The minimum absolute atomic E-state index is 0.138. The number of benzene rings is 3. The minimum Gasteiger partial charge on any atom is -0.497 e. The van der Waals surface area contributed by atoms with Gasteiger partial charge in [-0.3, -0.25) is 9.59 Å².